The highest BCUT2D eigenvalue weighted by atomic mass is 32.2. The number of thioether (sulfide) groups is 2. The van der Waals surface area contributed by atoms with Gasteiger partial charge < -0.3 is 9.88 Å². The number of hydrogen-bond acceptors (Lipinski definition) is 7. The lowest BCUT2D eigenvalue weighted by Crippen LogP contribution is -2.23. The molecule has 2 heterocycles. The van der Waals surface area contributed by atoms with Crippen molar-refractivity contribution in [2.45, 2.75) is 60.7 Å². The summed E-state index contributed by atoms with van der Waals surface area (Å²) >= 11 is 4.80. The summed E-state index contributed by atoms with van der Waals surface area (Å²) in [6.45, 7) is 8.97. The van der Waals surface area contributed by atoms with Gasteiger partial charge in [0, 0.05) is 12.2 Å². The zero-order valence-electron chi connectivity index (χ0n) is 19.1. The van der Waals surface area contributed by atoms with Crippen LogP contribution in [0.1, 0.15) is 45.0 Å². The Bertz CT molecular complexity index is 1220. The third kappa shape index (κ3) is 5.59. The van der Waals surface area contributed by atoms with Crippen LogP contribution in [0.2, 0.25) is 0 Å². The number of nitrogens with zero attached hydrogens (tertiary/aromatic N) is 4. The standard InChI is InChI=1S/C24H27N5OS3/c1-5-29-21(14-31-24-26-19-12-8-9-13-20(19)33-24)27-28-23(29)32-16(4)22(30)25-18-11-7-6-10-17(18)15(2)3/h6-13,15-16H,5,14H2,1-4H3,(H,25,30). The smallest absolute Gasteiger partial charge is 0.237 e. The van der Waals surface area contributed by atoms with E-state index in [1.165, 1.54) is 16.5 Å². The van der Waals surface area contributed by atoms with E-state index in [0.29, 0.717) is 11.7 Å². The van der Waals surface area contributed by atoms with Crippen LogP contribution in [0.5, 0.6) is 0 Å². The molecule has 172 valence electrons. The molecule has 6 nitrogen and oxygen atoms in total. The molecule has 0 fully saturated rings. The van der Waals surface area contributed by atoms with Gasteiger partial charge in [0.1, 0.15) is 5.82 Å². The fraction of sp³-hybridized carbons (Fsp3) is 0.333. The van der Waals surface area contributed by atoms with Crippen LogP contribution in [0.15, 0.2) is 58.0 Å². The number of carbonyl (C=O) groups is 1. The van der Waals surface area contributed by atoms with E-state index < -0.39 is 0 Å². The van der Waals surface area contributed by atoms with Crippen LogP contribution in [-0.4, -0.2) is 30.9 Å². The van der Waals surface area contributed by atoms with E-state index in [1.807, 2.05) is 43.3 Å². The van der Waals surface area contributed by atoms with Gasteiger partial charge in [0.15, 0.2) is 9.50 Å². The van der Waals surface area contributed by atoms with Crippen LogP contribution in [0.25, 0.3) is 10.2 Å². The summed E-state index contributed by atoms with van der Waals surface area (Å²) in [5, 5.41) is 12.3. The van der Waals surface area contributed by atoms with Gasteiger partial charge in [-0.15, -0.1) is 21.5 Å². The summed E-state index contributed by atoms with van der Waals surface area (Å²) in [4.78, 5) is 17.6. The Labute approximate surface area is 206 Å². The van der Waals surface area contributed by atoms with Gasteiger partial charge >= 0.3 is 0 Å². The Hall–Kier alpha value is -2.36. The minimum atomic E-state index is -0.301. The van der Waals surface area contributed by atoms with Gasteiger partial charge in [-0.2, -0.15) is 0 Å². The summed E-state index contributed by atoms with van der Waals surface area (Å²) in [5.41, 5.74) is 3.03. The Morgan fingerprint density at radius 2 is 1.85 bits per heavy atom. The number of amides is 1. The first kappa shape index (κ1) is 23.8. The van der Waals surface area contributed by atoms with Crippen molar-refractivity contribution in [3.8, 4) is 0 Å². The van der Waals surface area contributed by atoms with Gasteiger partial charge in [-0.1, -0.05) is 67.7 Å². The molecule has 0 saturated heterocycles. The number of rotatable bonds is 9. The highest BCUT2D eigenvalue weighted by Gasteiger charge is 2.21. The van der Waals surface area contributed by atoms with E-state index in [1.54, 1.807) is 23.1 Å². The number of aromatic nitrogens is 4. The largest absolute Gasteiger partial charge is 0.325 e. The zero-order chi connectivity index (χ0) is 23.4. The zero-order valence-corrected chi connectivity index (χ0v) is 21.6. The van der Waals surface area contributed by atoms with Gasteiger partial charge in [0.2, 0.25) is 5.91 Å². The predicted molar refractivity (Wildman–Crippen MR) is 139 cm³/mol. The quantitative estimate of drug-likeness (QED) is 0.268. The second-order valence-corrected chi connectivity index (χ2v) is 11.4. The first-order valence-corrected chi connectivity index (χ1v) is 13.6. The van der Waals surface area contributed by atoms with Crippen molar-refractivity contribution >= 4 is 56.7 Å². The van der Waals surface area contributed by atoms with Gasteiger partial charge in [-0.05, 0) is 43.5 Å². The molecular weight excluding hydrogens is 470 g/mol. The maximum absolute atomic E-state index is 12.9. The third-order valence-electron chi connectivity index (χ3n) is 5.20. The van der Waals surface area contributed by atoms with E-state index in [9.17, 15) is 4.79 Å². The van der Waals surface area contributed by atoms with E-state index >= 15 is 0 Å². The Morgan fingerprint density at radius 3 is 2.61 bits per heavy atom. The second kappa shape index (κ2) is 10.7. The SMILES string of the molecule is CCn1c(CSc2nc3ccccc3s2)nnc1SC(C)C(=O)Nc1ccccc1C(C)C. The molecule has 0 aliphatic rings. The maximum atomic E-state index is 12.9. The van der Waals surface area contributed by atoms with Crippen molar-refractivity contribution in [3.63, 3.8) is 0 Å². The van der Waals surface area contributed by atoms with Crippen molar-refractivity contribution < 1.29 is 4.79 Å². The molecule has 0 bridgehead atoms. The van der Waals surface area contributed by atoms with E-state index in [4.69, 9.17) is 0 Å². The minimum absolute atomic E-state index is 0.0378. The molecule has 1 amide bonds. The molecular formula is C24H27N5OS3. The average Bonchev–Trinajstić information content (AvgIpc) is 3.40. The molecule has 1 N–H and O–H groups in total. The summed E-state index contributed by atoms with van der Waals surface area (Å²) in [7, 11) is 0. The van der Waals surface area contributed by atoms with E-state index in [2.05, 4.69) is 58.0 Å². The molecule has 0 aliphatic carbocycles. The molecule has 1 atom stereocenters. The first-order chi connectivity index (χ1) is 16.0. The van der Waals surface area contributed by atoms with Crippen molar-refractivity contribution in [1.82, 2.24) is 19.7 Å². The van der Waals surface area contributed by atoms with Gasteiger partial charge in [0.05, 0.1) is 21.2 Å². The number of fused-ring (bicyclic) bond motifs is 1. The molecule has 1 unspecified atom stereocenters. The van der Waals surface area contributed by atoms with Crippen LogP contribution in [0.4, 0.5) is 5.69 Å². The molecule has 33 heavy (non-hydrogen) atoms. The lowest BCUT2D eigenvalue weighted by atomic mass is 10.0. The third-order valence-corrected chi connectivity index (χ3v) is 8.46. The number of hydrogen-bond donors (Lipinski definition) is 1. The molecule has 4 aromatic rings. The van der Waals surface area contributed by atoms with Crippen molar-refractivity contribution in [2.24, 2.45) is 0 Å². The lowest BCUT2D eigenvalue weighted by molar-refractivity contribution is -0.115. The maximum Gasteiger partial charge on any atom is 0.237 e. The monoisotopic (exact) mass is 497 g/mol. The number of anilines is 1. The number of thiazole rings is 1. The van der Waals surface area contributed by atoms with Gasteiger partial charge in [-0.25, -0.2) is 4.98 Å². The lowest BCUT2D eigenvalue weighted by Gasteiger charge is -2.16. The summed E-state index contributed by atoms with van der Waals surface area (Å²) in [6, 6.07) is 16.1. The van der Waals surface area contributed by atoms with Crippen LogP contribution in [0, 0.1) is 0 Å². The number of para-hydroxylation sites is 2. The van der Waals surface area contributed by atoms with Gasteiger partial charge in [0.25, 0.3) is 0 Å². The van der Waals surface area contributed by atoms with E-state index in [0.717, 1.165) is 38.6 Å². The first-order valence-electron chi connectivity index (χ1n) is 10.9. The highest BCUT2D eigenvalue weighted by Crippen LogP contribution is 2.32. The van der Waals surface area contributed by atoms with Gasteiger partial charge in [-0.3, -0.25) is 4.79 Å². The van der Waals surface area contributed by atoms with Crippen LogP contribution in [0.3, 0.4) is 0 Å². The summed E-state index contributed by atoms with van der Waals surface area (Å²) < 4.78 is 4.29. The van der Waals surface area contributed by atoms with E-state index in [-0.39, 0.29) is 11.2 Å². The number of carbonyl (C=O) groups excluding carboxylic acids is 1. The minimum Gasteiger partial charge on any atom is -0.325 e. The Kier molecular flexibility index (Phi) is 7.72. The average molecular weight is 498 g/mol. The molecule has 0 aliphatic heterocycles. The molecule has 0 saturated carbocycles. The van der Waals surface area contributed by atoms with Crippen LogP contribution in [-0.2, 0) is 17.1 Å². The fourth-order valence-corrected chi connectivity index (χ4v) is 6.37. The highest BCUT2D eigenvalue weighted by molar-refractivity contribution is 8.00. The Balaban J connectivity index is 1.41. The molecule has 0 spiro atoms. The number of nitrogens with one attached hydrogen (secondary N) is 1. The molecule has 2 aromatic heterocycles. The predicted octanol–water partition coefficient (Wildman–Crippen LogP) is 6.44. The normalized spacial score (nSPS) is 12.4. The summed E-state index contributed by atoms with van der Waals surface area (Å²) in [6.07, 6.45) is 0. The number of benzene rings is 2. The van der Waals surface area contributed by atoms with Crippen LogP contribution < -0.4 is 5.32 Å². The topological polar surface area (TPSA) is 72.7 Å². The Morgan fingerprint density at radius 1 is 1.09 bits per heavy atom. The van der Waals surface area contributed by atoms with Crippen LogP contribution >= 0.6 is 34.9 Å². The van der Waals surface area contributed by atoms with Crippen molar-refractivity contribution in [2.75, 3.05) is 5.32 Å². The molecule has 2 aromatic carbocycles. The van der Waals surface area contributed by atoms with Crippen molar-refractivity contribution in [3.05, 3.63) is 59.9 Å². The summed E-state index contributed by atoms with van der Waals surface area (Å²) in [5.74, 6) is 1.87. The fourth-order valence-electron chi connectivity index (χ4n) is 3.43. The molecule has 9 heteroatoms. The van der Waals surface area contributed by atoms with Crippen molar-refractivity contribution in [1.29, 1.82) is 0 Å². The molecule has 4 rings (SSSR count). The second-order valence-electron chi connectivity index (χ2n) is 7.87. The molecule has 0 radical (unpaired) electrons.